The first-order valence-electron chi connectivity index (χ1n) is 5.65. The Hall–Kier alpha value is -0.510. The minimum absolute atomic E-state index is 0.737. The van der Waals surface area contributed by atoms with Crippen molar-refractivity contribution in [1.29, 1.82) is 0 Å². The Labute approximate surface area is 104 Å². The topological polar surface area (TPSA) is 12.5 Å². The average Bonchev–Trinajstić information content (AvgIpc) is 2.28. The predicted molar refractivity (Wildman–Crippen MR) is 72.2 cm³/mol. The monoisotopic (exact) mass is 239 g/mol. The summed E-state index contributed by atoms with van der Waals surface area (Å²) < 4.78 is 5.40. The summed E-state index contributed by atoms with van der Waals surface area (Å²) in [5.41, 5.74) is 2.74. The van der Waals surface area contributed by atoms with Gasteiger partial charge in [0, 0.05) is 18.8 Å². The van der Waals surface area contributed by atoms with Gasteiger partial charge in [0.1, 0.15) is 0 Å². The van der Waals surface area contributed by atoms with Gasteiger partial charge in [0.15, 0.2) is 0 Å². The summed E-state index contributed by atoms with van der Waals surface area (Å²) in [6.07, 6.45) is 0. The number of likely N-dealkylation sites (N-methyl/N-ethyl adjacent to an activating group) is 1. The summed E-state index contributed by atoms with van der Waals surface area (Å²) in [5, 5.41) is 0. The lowest BCUT2D eigenvalue weighted by atomic mass is 10.1. The maximum Gasteiger partial charge on any atom is 0.0593 e. The van der Waals surface area contributed by atoms with Crippen molar-refractivity contribution in [3.8, 4) is 0 Å². The Morgan fingerprint density at radius 3 is 2.69 bits per heavy atom. The Kier molecular flexibility index (Phi) is 6.53. The van der Waals surface area contributed by atoms with Crippen LogP contribution in [0.15, 0.2) is 24.3 Å². The van der Waals surface area contributed by atoms with Crippen LogP contribution in [0.3, 0.4) is 0 Å². The molecule has 0 heterocycles. The van der Waals surface area contributed by atoms with Gasteiger partial charge in [-0.2, -0.15) is 12.6 Å². The molecule has 0 amide bonds. The fraction of sp³-hybridized carbons (Fsp3) is 0.538. The highest BCUT2D eigenvalue weighted by atomic mass is 32.1. The van der Waals surface area contributed by atoms with Crippen LogP contribution in [0.4, 0.5) is 0 Å². The van der Waals surface area contributed by atoms with Crippen LogP contribution in [0, 0.1) is 6.92 Å². The van der Waals surface area contributed by atoms with Crippen LogP contribution in [-0.4, -0.2) is 37.5 Å². The standard InChI is InChI=1S/C13H21NOS/c1-12-5-3-4-6-13(12)11-14(2)7-8-15-9-10-16/h3-6,16H,7-11H2,1-2H3. The third-order valence-electron chi connectivity index (χ3n) is 2.55. The smallest absolute Gasteiger partial charge is 0.0593 e. The van der Waals surface area contributed by atoms with Gasteiger partial charge in [-0.25, -0.2) is 0 Å². The zero-order valence-corrected chi connectivity index (χ0v) is 11.0. The normalized spacial score (nSPS) is 11.0. The van der Waals surface area contributed by atoms with E-state index in [2.05, 4.69) is 55.8 Å². The summed E-state index contributed by atoms with van der Waals surface area (Å²) in [4.78, 5) is 2.28. The second-order valence-corrected chi connectivity index (χ2v) is 4.45. The molecule has 0 aromatic heterocycles. The number of hydrogen-bond acceptors (Lipinski definition) is 3. The summed E-state index contributed by atoms with van der Waals surface area (Å²) in [7, 11) is 2.12. The predicted octanol–water partition coefficient (Wildman–Crippen LogP) is 2.37. The van der Waals surface area contributed by atoms with Crippen LogP contribution in [0.5, 0.6) is 0 Å². The highest BCUT2D eigenvalue weighted by Gasteiger charge is 2.02. The first-order valence-corrected chi connectivity index (χ1v) is 6.29. The summed E-state index contributed by atoms with van der Waals surface area (Å²) in [6.45, 7) is 5.61. The molecule has 1 aromatic carbocycles. The van der Waals surface area contributed by atoms with E-state index >= 15 is 0 Å². The second-order valence-electron chi connectivity index (χ2n) is 4.00. The number of ether oxygens (including phenoxy) is 1. The van der Waals surface area contributed by atoms with Crippen molar-refractivity contribution in [2.24, 2.45) is 0 Å². The van der Waals surface area contributed by atoms with E-state index < -0.39 is 0 Å². The Morgan fingerprint density at radius 1 is 1.25 bits per heavy atom. The molecule has 0 saturated heterocycles. The van der Waals surface area contributed by atoms with Crippen molar-refractivity contribution in [1.82, 2.24) is 4.90 Å². The molecular formula is C13H21NOS. The Morgan fingerprint density at radius 2 is 2.00 bits per heavy atom. The third-order valence-corrected chi connectivity index (χ3v) is 2.74. The van der Waals surface area contributed by atoms with Crippen LogP contribution in [0.1, 0.15) is 11.1 Å². The lowest BCUT2D eigenvalue weighted by molar-refractivity contribution is 0.122. The number of hydrogen-bond donors (Lipinski definition) is 1. The number of thiol groups is 1. The highest BCUT2D eigenvalue weighted by Crippen LogP contribution is 2.08. The molecule has 1 aromatic rings. The van der Waals surface area contributed by atoms with Crippen LogP contribution in [0.25, 0.3) is 0 Å². The van der Waals surface area contributed by atoms with Crippen molar-refractivity contribution < 1.29 is 4.74 Å². The van der Waals surface area contributed by atoms with Crippen LogP contribution < -0.4 is 0 Å². The molecule has 1 rings (SSSR count). The second kappa shape index (κ2) is 7.71. The van der Waals surface area contributed by atoms with Crippen LogP contribution >= 0.6 is 12.6 Å². The molecule has 0 N–H and O–H groups in total. The van der Waals surface area contributed by atoms with E-state index in [0.29, 0.717) is 0 Å². The quantitative estimate of drug-likeness (QED) is 0.579. The molecule has 0 radical (unpaired) electrons. The molecule has 0 spiro atoms. The molecule has 0 unspecified atom stereocenters. The third kappa shape index (κ3) is 5.01. The molecule has 0 aliphatic rings. The lowest BCUT2D eigenvalue weighted by Crippen LogP contribution is -2.23. The lowest BCUT2D eigenvalue weighted by Gasteiger charge is -2.17. The minimum Gasteiger partial charge on any atom is -0.379 e. The Balaban J connectivity index is 2.28. The van der Waals surface area contributed by atoms with Crippen LogP contribution in [0.2, 0.25) is 0 Å². The van der Waals surface area contributed by atoms with Crippen molar-refractivity contribution in [3.63, 3.8) is 0 Å². The number of aryl methyl sites for hydroxylation is 1. The van der Waals surface area contributed by atoms with Gasteiger partial charge in [-0.1, -0.05) is 24.3 Å². The molecule has 0 aliphatic carbocycles. The molecule has 16 heavy (non-hydrogen) atoms. The van der Waals surface area contributed by atoms with E-state index in [0.717, 1.165) is 32.1 Å². The van der Waals surface area contributed by atoms with Crippen molar-refractivity contribution in [3.05, 3.63) is 35.4 Å². The van der Waals surface area contributed by atoms with Gasteiger partial charge in [-0.3, -0.25) is 4.90 Å². The highest BCUT2D eigenvalue weighted by molar-refractivity contribution is 7.80. The molecule has 0 atom stereocenters. The van der Waals surface area contributed by atoms with E-state index in [1.807, 2.05) is 0 Å². The molecule has 0 aliphatic heterocycles. The van der Waals surface area contributed by atoms with Crippen molar-refractivity contribution >= 4 is 12.6 Å². The average molecular weight is 239 g/mol. The zero-order valence-electron chi connectivity index (χ0n) is 10.1. The summed E-state index contributed by atoms with van der Waals surface area (Å²) >= 11 is 4.10. The summed E-state index contributed by atoms with van der Waals surface area (Å²) in [5.74, 6) is 0.793. The fourth-order valence-corrected chi connectivity index (χ4v) is 1.67. The number of nitrogens with zero attached hydrogens (tertiary/aromatic N) is 1. The SMILES string of the molecule is Cc1ccccc1CN(C)CCOCCS. The molecule has 0 bridgehead atoms. The maximum atomic E-state index is 5.40. The zero-order chi connectivity index (χ0) is 11.8. The molecular weight excluding hydrogens is 218 g/mol. The number of rotatable bonds is 7. The van der Waals surface area contributed by atoms with Gasteiger partial charge in [0.25, 0.3) is 0 Å². The Bertz CT molecular complexity index is 304. The van der Waals surface area contributed by atoms with Gasteiger partial charge >= 0.3 is 0 Å². The van der Waals surface area contributed by atoms with E-state index in [1.54, 1.807) is 0 Å². The van der Waals surface area contributed by atoms with Gasteiger partial charge in [0.05, 0.1) is 13.2 Å². The molecule has 0 fully saturated rings. The van der Waals surface area contributed by atoms with E-state index in [1.165, 1.54) is 11.1 Å². The molecule has 3 heteroatoms. The van der Waals surface area contributed by atoms with Crippen molar-refractivity contribution in [2.45, 2.75) is 13.5 Å². The van der Waals surface area contributed by atoms with Gasteiger partial charge < -0.3 is 4.74 Å². The molecule has 90 valence electrons. The minimum atomic E-state index is 0.737. The van der Waals surface area contributed by atoms with Crippen LogP contribution in [-0.2, 0) is 11.3 Å². The van der Waals surface area contributed by atoms with Gasteiger partial charge in [0.2, 0.25) is 0 Å². The summed E-state index contributed by atoms with van der Waals surface area (Å²) in [6, 6.07) is 8.50. The fourth-order valence-electron chi connectivity index (χ4n) is 1.54. The van der Waals surface area contributed by atoms with E-state index in [4.69, 9.17) is 4.74 Å². The van der Waals surface area contributed by atoms with E-state index in [-0.39, 0.29) is 0 Å². The largest absolute Gasteiger partial charge is 0.379 e. The molecule has 0 saturated carbocycles. The van der Waals surface area contributed by atoms with Gasteiger partial charge in [-0.05, 0) is 25.1 Å². The maximum absolute atomic E-state index is 5.40. The molecule has 2 nitrogen and oxygen atoms in total. The van der Waals surface area contributed by atoms with E-state index in [9.17, 15) is 0 Å². The van der Waals surface area contributed by atoms with Crippen molar-refractivity contribution in [2.75, 3.05) is 32.6 Å². The number of benzene rings is 1. The first-order chi connectivity index (χ1) is 7.74. The first kappa shape index (κ1) is 13.6. The van der Waals surface area contributed by atoms with Gasteiger partial charge in [-0.15, -0.1) is 0 Å².